The van der Waals surface area contributed by atoms with Gasteiger partial charge >= 0.3 is 5.97 Å². The Bertz CT molecular complexity index is 764. The van der Waals surface area contributed by atoms with Gasteiger partial charge in [0, 0.05) is 12.0 Å². The Labute approximate surface area is 114 Å². The molecular formula is C14H12N2O4. The number of carboxylic acids is 1. The van der Waals surface area contributed by atoms with Gasteiger partial charge in [0.25, 0.3) is 5.56 Å². The molecule has 0 aliphatic carbocycles. The molecule has 0 bridgehead atoms. The summed E-state index contributed by atoms with van der Waals surface area (Å²) in [4.78, 5) is 29.5. The lowest BCUT2D eigenvalue weighted by molar-refractivity contribution is 0.0693. The Kier molecular flexibility index (Phi) is 2.78. The van der Waals surface area contributed by atoms with E-state index < -0.39 is 11.5 Å². The van der Waals surface area contributed by atoms with Crippen molar-refractivity contribution in [3.05, 3.63) is 45.4 Å². The number of nitrogens with one attached hydrogen (secondary N) is 1. The number of aromatic amines is 1. The van der Waals surface area contributed by atoms with Crippen LogP contribution in [0.1, 0.15) is 21.6 Å². The lowest BCUT2D eigenvalue weighted by atomic mass is 10.1. The summed E-state index contributed by atoms with van der Waals surface area (Å²) in [6.45, 7) is 2.17. The number of aromatic nitrogens is 2. The van der Waals surface area contributed by atoms with Gasteiger partial charge in [-0.25, -0.2) is 9.78 Å². The predicted octanol–water partition coefficient (Wildman–Crippen LogP) is 1.38. The lowest BCUT2D eigenvalue weighted by Crippen LogP contribution is -2.21. The number of carbonyl (C=O) groups is 1. The van der Waals surface area contributed by atoms with Gasteiger partial charge in [0.2, 0.25) is 0 Å². The number of aryl methyl sites for hydroxylation is 1. The zero-order chi connectivity index (χ0) is 14.3. The normalized spacial score (nSPS) is 12.8. The van der Waals surface area contributed by atoms with Crippen LogP contribution in [-0.4, -0.2) is 27.7 Å². The number of H-pyrrole nitrogens is 1. The van der Waals surface area contributed by atoms with Crippen LogP contribution in [0.5, 0.6) is 5.75 Å². The third-order valence-corrected chi connectivity index (χ3v) is 3.28. The maximum Gasteiger partial charge on any atom is 0.343 e. The van der Waals surface area contributed by atoms with Crippen molar-refractivity contribution in [2.45, 2.75) is 13.3 Å². The van der Waals surface area contributed by atoms with Gasteiger partial charge in [-0.05, 0) is 30.7 Å². The van der Waals surface area contributed by atoms with E-state index in [2.05, 4.69) is 9.97 Å². The molecule has 20 heavy (non-hydrogen) atoms. The number of aromatic carboxylic acids is 1. The van der Waals surface area contributed by atoms with E-state index in [-0.39, 0.29) is 11.3 Å². The van der Waals surface area contributed by atoms with Crippen LogP contribution >= 0.6 is 0 Å². The Balaban J connectivity index is 2.12. The van der Waals surface area contributed by atoms with Gasteiger partial charge in [0.05, 0.1) is 12.3 Å². The largest absolute Gasteiger partial charge is 0.493 e. The van der Waals surface area contributed by atoms with Crippen molar-refractivity contribution in [3.8, 4) is 17.1 Å². The van der Waals surface area contributed by atoms with Crippen molar-refractivity contribution >= 4 is 5.97 Å². The van der Waals surface area contributed by atoms with Crippen LogP contribution in [0.2, 0.25) is 0 Å². The fraction of sp³-hybridized carbons (Fsp3) is 0.214. The molecule has 6 heteroatoms. The van der Waals surface area contributed by atoms with Crippen molar-refractivity contribution in [1.82, 2.24) is 9.97 Å². The maximum atomic E-state index is 11.8. The van der Waals surface area contributed by atoms with Gasteiger partial charge in [-0.3, -0.25) is 4.79 Å². The molecule has 1 aliphatic rings. The molecule has 3 rings (SSSR count). The third-order valence-electron chi connectivity index (χ3n) is 3.28. The number of carboxylic acid groups (broad SMARTS) is 1. The van der Waals surface area contributed by atoms with Crippen LogP contribution in [-0.2, 0) is 6.42 Å². The van der Waals surface area contributed by atoms with E-state index in [9.17, 15) is 9.59 Å². The molecular weight excluding hydrogens is 260 g/mol. The molecule has 0 saturated carbocycles. The monoisotopic (exact) mass is 272 g/mol. The summed E-state index contributed by atoms with van der Waals surface area (Å²) < 4.78 is 5.42. The lowest BCUT2D eigenvalue weighted by Gasteiger charge is -2.06. The minimum Gasteiger partial charge on any atom is -0.493 e. The molecule has 2 heterocycles. The van der Waals surface area contributed by atoms with Gasteiger partial charge in [0.1, 0.15) is 17.1 Å². The molecule has 6 nitrogen and oxygen atoms in total. The second kappa shape index (κ2) is 4.48. The van der Waals surface area contributed by atoms with Crippen LogP contribution in [0, 0.1) is 6.92 Å². The van der Waals surface area contributed by atoms with E-state index in [1.54, 1.807) is 6.07 Å². The molecule has 0 saturated heterocycles. The average Bonchev–Trinajstić information content (AvgIpc) is 2.84. The first kappa shape index (κ1) is 12.4. The first-order valence-corrected chi connectivity index (χ1v) is 6.16. The minimum absolute atomic E-state index is 0.202. The molecule has 0 radical (unpaired) electrons. The van der Waals surface area contributed by atoms with Crippen LogP contribution in [0.4, 0.5) is 0 Å². The minimum atomic E-state index is -1.27. The van der Waals surface area contributed by atoms with E-state index in [0.717, 1.165) is 23.3 Å². The number of rotatable bonds is 2. The number of ether oxygens (including phenoxy) is 1. The first-order valence-electron chi connectivity index (χ1n) is 6.16. The van der Waals surface area contributed by atoms with Crippen LogP contribution in [0.15, 0.2) is 23.0 Å². The molecule has 2 N–H and O–H groups in total. The van der Waals surface area contributed by atoms with Crippen molar-refractivity contribution in [2.75, 3.05) is 6.61 Å². The highest BCUT2D eigenvalue weighted by atomic mass is 16.5. The van der Waals surface area contributed by atoms with Gasteiger partial charge < -0.3 is 14.8 Å². The highest BCUT2D eigenvalue weighted by Crippen LogP contribution is 2.28. The molecule has 0 spiro atoms. The molecule has 102 valence electrons. The highest BCUT2D eigenvalue weighted by molar-refractivity contribution is 5.88. The Hall–Kier alpha value is -2.63. The second-order valence-corrected chi connectivity index (χ2v) is 4.60. The van der Waals surface area contributed by atoms with E-state index in [1.165, 1.54) is 6.92 Å². The average molecular weight is 272 g/mol. The molecule has 2 aromatic rings. The zero-order valence-electron chi connectivity index (χ0n) is 10.8. The Morgan fingerprint density at radius 1 is 1.45 bits per heavy atom. The van der Waals surface area contributed by atoms with Gasteiger partial charge in [-0.1, -0.05) is 0 Å². The van der Waals surface area contributed by atoms with Crippen molar-refractivity contribution < 1.29 is 14.6 Å². The topological polar surface area (TPSA) is 92.3 Å². The van der Waals surface area contributed by atoms with E-state index >= 15 is 0 Å². The number of hydrogen-bond donors (Lipinski definition) is 2. The fourth-order valence-electron chi connectivity index (χ4n) is 2.31. The number of benzene rings is 1. The summed E-state index contributed by atoms with van der Waals surface area (Å²) in [5.74, 6) is -0.0627. The number of hydrogen-bond acceptors (Lipinski definition) is 4. The summed E-state index contributed by atoms with van der Waals surface area (Å²) in [6.07, 6.45) is 0.819. The summed E-state index contributed by atoms with van der Waals surface area (Å²) in [7, 11) is 0. The summed E-state index contributed by atoms with van der Waals surface area (Å²) >= 11 is 0. The SMILES string of the molecule is Cc1nc(-c2ccc3c(c2)CCO3)[nH]c(=O)c1C(=O)O. The van der Waals surface area contributed by atoms with Crippen molar-refractivity contribution in [1.29, 1.82) is 0 Å². The molecule has 1 aliphatic heterocycles. The summed E-state index contributed by atoms with van der Waals surface area (Å²) in [5, 5.41) is 8.96. The molecule has 0 atom stereocenters. The third kappa shape index (κ3) is 1.95. The summed E-state index contributed by atoms with van der Waals surface area (Å²) in [5.41, 5.74) is 1.04. The van der Waals surface area contributed by atoms with Crippen molar-refractivity contribution in [3.63, 3.8) is 0 Å². The van der Waals surface area contributed by atoms with Crippen molar-refractivity contribution in [2.24, 2.45) is 0 Å². The zero-order valence-corrected chi connectivity index (χ0v) is 10.8. The Morgan fingerprint density at radius 3 is 2.95 bits per heavy atom. The van der Waals surface area contributed by atoms with Crippen LogP contribution in [0.3, 0.4) is 0 Å². The molecule has 1 aromatic carbocycles. The summed E-state index contributed by atoms with van der Waals surface area (Å²) in [6, 6.07) is 5.53. The van der Waals surface area contributed by atoms with Crippen LogP contribution in [0.25, 0.3) is 11.4 Å². The fourth-order valence-corrected chi connectivity index (χ4v) is 2.31. The first-order chi connectivity index (χ1) is 9.56. The molecule has 1 aromatic heterocycles. The van der Waals surface area contributed by atoms with Crippen LogP contribution < -0.4 is 10.3 Å². The Morgan fingerprint density at radius 2 is 2.25 bits per heavy atom. The van der Waals surface area contributed by atoms with E-state index in [1.807, 2.05) is 12.1 Å². The molecule has 0 unspecified atom stereocenters. The number of fused-ring (bicyclic) bond motifs is 1. The van der Waals surface area contributed by atoms with Gasteiger partial charge in [-0.2, -0.15) is 0 Å². The molecule has 0 amide bonds. The standard InChI is InChI=1S/C14H12N2O4/c1-7-11(14(18)19)13(17)16-12(15-7)9-2-3-10-8(6-9)4-5-20-10/h2-3,6H,4-5H2,1H3,(H,18,19)(H,15,16,17). The predicted molar refractivity (Wildman–Crippen MR) is 71.2 cm³/mol. The highest BCUT2D eigenvalue weighted by Gasteiger charge is 2.17. The van der Waals surface area contributed by atoms with Gasteiger partial charge in [-0.15, -0.1) is 0 Å². The van der Waals surface area contributed by atoms with Gasteiger partial charge in [0.15, 0.2) is 0 Å². The van der Waals surface area contributed by atoms with E-state index in [0.29, 0.717) is 12.4 Å². The smallest absolute Gasteiger partial charge is 0.343 e. The second-order valence-electron chi connectivity index (χ2n) is 4.60. The van der Waals surface area contributed by atoms with E-state index in [4.69, 9.17) is 9.84 Å². The quantitative estimate of drug-likeness (QED) is 0.861. The number of nitrogens with zero attached hydrogens (tertiary/aromatic N) is 1. The maximum absolute atomic E-state index is 11.8. The molecule has 0 fully saturated rings.